The molecule has 4 aliphatic heterocycles. The third-order valence-electron chi connectivity index (χ3n) is 14.9. The molecule has 0 saturated heterocycles. The number of nitrogens with one attached hydrogen (secondary N) is 4. The number of nitrogens with zero attached hydrogens (tertiary/aromatic N) is 4. The molecule has 0 aromatic heterocycles. The van der Waals surface area contributed by atoms with Gasteiger partial charge in [0.2, 0.25) is 23.6 Å². The number of rotatable bonds is 35. The van der Waals surface area contributed by atoms with E-state index in [0.29, 0.717) is 122 Å². The van der Waals surface area contributed by atoms with E-state index < -0.39 is 35.1 Å². The summed E-state index contributed by atoms with van der Waals surface area (Å²) in [6.45, 7) is 9.73. The highest BCUT2D eigenvalue weighted by Gasteiger charge is 2.43. The standard InChI is InChI=1S/C52H82N8O8/c1-36-17-25-53-44(36)48(65)57-21-9-5-13-40(32-61)29-52(43(35-64)16-8-12-24-60-51(68)47-39(4)20-28-56-47,30-41(33-62)14-6-10-22-58-49(66)45-37(2)18-26-54-45)31-42(34-63)15-7-11-23-59-50(67)46-38(3)19-27-55-46/h25-28,32-47H,5-24,29-31H2,1-4H3,(H,57,65)(H,58,66)(H,59,67)(H,60,68)/t36-,37-,38-,39-,40-,41-,42-,43+,44-,45-,46-,47-/m0/s1. The Kier molecular flexibility index (Phi) is 24.6. The fraction of sp³-hybridized carbons (Fsp3) is 0.769. The minimum Gasteiger partial charge on any atom is -0.354 e. The first kappa shape index (κ1) is 55.8. The molecular weight excluding hydrogens is 865 g/mol. The summed E-state index contributed by atoms with van der Waals surface area (Å²) in [5, 5.41) is 12.0. The van der Waals surface area contributed by atoms with Crippen molar-refractivity contribution < 1.29 is 38.4 Å². The molecule has 4 N–H and O–H groups in total. The minimum absolute atomic E-state index is 0.105. The van der Waals surface area contributed by atoms with Crippen LogP contribution in [-0.2, 0) is 38.4 Å². The molecule has 378 valence electrons. The first-order chi connectivity index (χ1) is 32.9. The summed E-state index contributed by atoms with van der Waals surface area (Å²) in [5.74, 6) is -1.89. The summed E-state index contributed by atoms with van der Waals surface area (Å²) < 4.78 is 0. The van der Waals surface area contributed by atoms with Crippen molar-refractivity contribution in [2.45, 2.75) is 174 Å². The topological polar surface area (TPSA) is 234 Å². The lowest BCUT2D eigenvalue weighted by Gasteiger charge is -2.43. The monoisotopic (exact) mass is 947 g/mol. The molecular formula is C52H82N8O8. The van der Waals surface area contributed by atoms with Crippen LogP contribution in [0.5, 0.6) is 0 Å². The Morgan fingerprint density at radius 3 is 0.926 bits per heavy atom. The summed E-state index contributed by atoms with van der Waals surface area (Å²) in [4.78, 5) is 121. The van der Waals surface area contributed by atoms with Gasteiger partial charge in [-0.1, -0.05) is 53.4 Å². The predicted octanol–water partition coefficient (Wildman–Crippen LogP) is 5.47. The molecule has 0 unspecified atom stereocenters. The molecule has 0 aliphatic carbocycles. The zero-order valence-electron chi connectivity index (χ0n) is 41.4. The second-order valence-electron chi connectivity index (χ2n) is 20.5. The van der Waals surface area contributed by atoms with Crippen LogP contribution in [0.4, 0.5) is 0 Å². The Morgan fingerprint density at radius 2 is 0.706 bits per heavy atom. The van der Waals surface area contributed by atoms with Crippen LogP contribution in [0.25, 0.3) is 0 Å². The fourth-order valence-electron chi connectivity index (χ4n) is 10.6. The fourth-order valence-corrected chi connectivity index (χ4v) is 10.6. The van der Waals surface area contributed by atoms with E-state index in [1.807, 2.05) is 27.7 Å². The zero-order valence-corrected chi connectivity index (χ0v) is 41.4. The maximum Gasteiger partial charge on any atom is 0.245 e. The maximum atomic E-state index is 13.5. The molecule has 0 aromatic rings. The van der Waals surface area contributed by atoms with E-state index in [1.54, 1.807) is 24.9 Å². The maximum absolute atomic E-state index is 13.5. The number of unbranched alkanes of at least 4 members (excludes halogenated alkanes) is 4. The highest BCUT2D eigenvalue weighted by Crippen LogP contribution is 2.48. The van der Waals surface area contributed by atoms with Crippen LogP contribution >= 0.6 is 0 Å². The molecule has 4 rings (SSSR count). The average Bonchev–Trinajstić information content (AvgIpc) is 4.17. The Labute approximate surface area is 404 Å². The van der Waals surface area contributed by atoms with Crippen LogP contribution in [0.1, 0.15) is 150 Å². The van der Waals surface area contributed by atoms with E-state index in [-0.39, 0.29) is 65.4 Å². The van der Waals surface area contributed by atoms with Crippen LogP contribution in [0, 0.1) is 52.8 Å². The molecule has 0 spiro atoms. The summed E-state index contributed by atoms with van der Waals surface area (Å²) in [7, 11) is 0. The van der Waals surface area contributed by atoms with Gasteiger partial charge in [-0.15, -0.1) is 0 Å². The molecule has 4 amide bonds. The van der Waals surface area contributed by atoms with Gasteiger partial charge in [0, 0.05) is 74.7 Å². The van der Waals surface area contributed by atoms with Crippen molar-refractivity contribution in [3.05, 3.63) is 0 Å². The molecule has 4 heterocycles. The highest BCUT2D eigenvalue weighted by molar-refractivity contribution is 5.87. The van der Waals surface area contributed by atoms with Gasteiger partial charge in [-0.05, 0) is 125 Å². The normalized spacial score (nSPS) is 25.6. The first-order valence-electron chi connectivity index (χ1n) is 25.8. The number of aliphatic imine (C=N–C) groups is 4. The zero-order chi connectivity index (χ0) is 49.3. The minimum atomic E-state index is -0.901. The number of carbonyl (C=O) groups is 8. The van der Waals surface area contributed by atoms with Gasteiger partial charge in [0.1, 0.15) is 49.3 Å². The summed E-state index contributed by atoms with van der Waals surface area (Å²) in [5.41, 5.74) is -0.901. The largest absolute Gasteiger partial charge is 0.354 e. The Morgan fingerprint density at radius 1 is 0.441 bits per heavy atom. The third-order valence-corrected chi connectivity index (χ3v) is 14.9. The number of aldehydes is 4. The van der Waals surface area contributed by atoms with Crippen LogP contribution in [0.3, 0.4) is 0 Å². The first-order valence-corrected chi connectivity index (χ1v) is 25.8. The molecule has 0 saturated carbocycles. The molecule has 0 bridgehead atoms. The number of carbonyl (C=O) groups excluding carboxylic acids is 8. The number of hydrogen-bond donors (Lipinski definition) is 4. The van der Waals surface area contributed by atoms with Gasteiger partial charge < -0.3 is 40.4 Å². The SMILES string of the molecule is C[C@H]1CC=N[C@@H]1C(=O)NCCCC[C@H](C=O)CC(C[C@@H](C=O)CCCCNC(=O)[C@H]1N=CC[C@@H]1C)(C[C@@H](C=O)CCCCNC(=O)[C@H]1N=CC[C@@H]1C)[C@@H](C=O)CCCCNC(=O)[C@H]1N=CC[C@@H]1C. The van der Waals surface area contributed by atoms with E-state index in [4.69, 9.17) is 0 Å². The van der Waals surface area contributed by atoms with E-state index in [9.17, 15) is 38.4 Å². The average molecular weight is 947 g/mol. The molecule has 12 atom stereocenters. The van der Waals surface area contributed by atoms with Crippen LogP contribution in [0.2, 0.25) is 0 Å². The second kappa shape index (κ2) is 30.0. The van der Waals surface area contributed by atoms with Gasteiger partial charge >= 0.3 is 0 Å². The molecule has 68 heavy (non-hydrogen) atoms. The lowest BCUT2D eigenvalue weighted by atomic mass is 9.60. The molecule has 0 radical (unpaired) electrons. The van der Waals surface area contributed by atoms with Crippen LogP contribution in [-0.4, -0.2) is 124 Å². The quantitative estimate of drug-likeness (QED) is 0.0469. The summed E-state index contributed by atoms with van der Waals surface area (Å²) >= 11 is 0. The lowest BCUT2D eigenvalue weighted by Crippen LogP contribution is -2.39. The van der Waals surface area contributed by atoms with Gasteiger partial charge in [0.05, 0.1) is 0 Å². The van der Waals surface area contributed by atoms with Gasteiger partial charge in [-0.25, -0.2) is 0 Å². The molecule has 0 aromatic carbocycles. The van der Waals surface area contributed by atoms with Gasteiger partial charge in [0.25, 0.3) is 0 Å². The summed E-state index contributed by atoms with van der Waals surface area (Å²) in [6.07, 6.45) is 21.9. The highest BCUT2D eigenvalue weighted by atomic mass is 16.2. The van der Waals surface area contributed by atoms with Gasteiger partial charge in [-0.3, -0.25) is 39.1 Å². The van der Waals surface area contributed by atoms with E-state index in [2.05, 4.69) is 41.2 Å². The van der Waals surface area contributed by atoms with Crippen LogP contribution in [0.15, 0.2) is 20.0 Å². The van der Waals surface area contributed by atoms with E-state index in [1.165, 1.54) is 0 Å². The van der Waals surface area contributed by atoms with Crippen molar-refractivity contribution in [2.24, 2.45) is 72.7 Å². The van der Waals surface area contributed by atoms with Crippen LogP contribution < -0.4 is 21.3 Å². The number of hydrogen-bond acceptors (Lipinski definition) is 12. The predicted molar refractivity (Wildman–Crippen MR) is 266 cm³/mol. The van der Waals surface area contributed by atoms with E-state index in [0.717, 1.165) is 50.8 Å². The molecule has 16 heteroatoms. The van der Waals surface area contributed by atoms with Crippen molar-refractivity contribution in [1.82, 2.24) is 21.3 Å². The molecule has 0 fully saturated rings. The van der Waals surface area contributed by atoms with Crippen molar-refractivity contribution in [2.75, 3.05) is 26.2 Å². The van der Waals surface area contributed by atoms with Crippen molar-refractivity contribution in [3.63, 3.8) is 0 Å². The Bertz CT molecular complexity index is 1620. The van der Waals surface area contributed by atoms with Crippen molar-refractivity contribution in [1.29, 1.82) is 0 Å². The van der Waals surface area contributed by atoms with Crippen molar-refractivity contribution >= 4 is 73.6 Å². The molecule has 4 aliphatic rings. The third kappa shape index (κ3) is 17.6. The van der Waals surface area contributed by atoms with Gasteiger partial charge in [0.15, 0.2) is 0 Å². The Balaban J connectivity index is 1.49. The van der Waals surface area contributed by atoms with Crippen molar-refractivity contribution in [3.8, 4) is 0 Å². The Hall–Kier alpha value is -4.76. The lowest BCUT2D eigenvalue weighted by molar-refractivity contribution is -0.124. The second-order valence-corrected chi connectivity index (χ2v) is 20.5. The number of amides is 4. The summed E-state index contributed by atoms with van der Waals surface area (Å²) in [6, 6.07) is -1.57. The molecule has 16 nitrogen and oxygen atoms in total. The van der Waals surface area contributed by atoms with E-state index >= 15 is 0 Å². The smallest absolute Gasteiger partial charge is 0.245 e. The van der Waals surface area contributed by atoms with Gasteiger partial charge in [-0.2, -0.15) is 0 Å².